The number of nitrogens with one attached hydrogen (secondary N) is 2. The summed E-state index contributed by atoms with van der Waals surface area (Å²) in [5.41, 5.74) is 2.43. The number of rotatable bonds is 12. The molecule has 0 aliphatic carbocycles. The first-order valence-electron chi connectivity index (χ1n) is 11.7. The van der Waals surface area contributed by atoms with E-state index in [9.17, 15) is 4.79 Å². The Kier molecular flexibility index (Phi) is 11.2. The minimum Gasteiger partial charge on any atom is -0.379 e. The summed E-state index contributed by atoms with van der Waals surface area (Å²) in [7, 11) is 0. The van der Waals surface area contributed by atoms with Gasteiger partial charge in [0.25, 0.3) is 0 Å². The highest BCUT2D eigenvalue weighted by molar-refractivity contribution is 5.73. The predicted molar refractivity (Wildman–Crippen MR) is 124 cm³/mol. The molecular weight excluding hydrogens is 376 g/mol. The summed E-state index contributed by atoms with van der Waals surface area (Å²) in [6.07, 6.45) is 2.25. The largest absolute Gasteiger partial charge is 0.379 e. The van der Waals surface area contributed by atoms with Crippen LogP contribution in [0.3, 0.4) is 0 Å². The Hall–Kier alpha value is -1.63. The number of amides is 2. The smallest absolute Gasteiger partial charge is 0.315 e. The highest BCUT2D eigenvalue weighted by Crippen LogP contribution is 2.19. The van der Waals surface area contributed by atoms with Gasteiger partial charge in [0.1, 0.15) is 0 Å². The van der Waals surface area contributed by atoms with Crippen LogP contribution in [-0.4, -0.2) is 67.8 Å². The van der Waals surface area contributed by atoms with Gasteiger partial charge in [-0.15, -0.1) is 0 Å². The lowest BCUT2D eigenvalue weighted by atomic mass is 9.92. The second-order valence-electron chi connectivity index (χ2n) is 8.13. The number of morpholine rings is 1. The van der Waals surface area contributed by atoms with Gasteiger partial charge in [0.05, 0.1) is 13.2 Å². The zero-order valence-corrected chi connectivity index (χ0v) is 19.5. The maximum absolute atomic E-state index is 12.4. The van der Waals surface area contributed by atoms with Crippen molar-refractivity contribution in [3.8, 4) is 0 Å². The average molecular weight is 419 g/mol. The van der Waals surface area contributed by atoms with Gasteiger partial charge < -0.3 is 15.4 Å². The van der Waals surface area contributed by atoms with Crippen molar-refractivity contribution < 1.29 is 9.53 Å². The molecule has 1 aliphatic rings. The molecule has 170 valence electrons. The van der Waals surface area contributed by atoms with Crippen molar-refractivity contribution >= 4 is 6.03 Å². The van der Waals surface area contributed by atoms with Crippen molar-refractivity contribution in [1.82, 2.24) is 20.4 Å². The van der Waals surface area contributed by atoms with E-state index in [2.05, 4.69) is 72.4 Å². The molecule has 1 aromatic rings. The van der Waals surface area contributed by atoms with Crippen LogP contribution in [0.1, 0.15) is 51.7 Å². The second-order valence-corrected chi connectivity index (χ2v) is 8.13. The zero-order chi connectivity index (χ0) is 21.8. The summed E-state index contributed by atoms with van der Waals surface area (Å²) < 4.78 is 5.51. The van der Waals surface area contributed by atoms with E-state index in [1.54, 1.807) is 0 Å². The summed E-state index contributed by atoms with van der Waals surface area (Å²) in [5, 5.41) is 6.12. The van der Waals surface area contributed by atoms with Gasteiger partial charge in [0.15, 0.2) is 0 Å². The first-order chi connectivity index (χ1) is 14.6. The van der Waals surface area contributed by atoms with Crippen LogP contribution >= 0.6 is 0 Å². The van der Waals surface area contributed by atoms with Crippen LogP contribution in [0.25, 0.3) is 0 Å². The van der Waals surface area contributed by atoms with Gasteiger partial charge in [-0.1, -0.05) is 64.8 Å². The van der Waals surface area contributed by atoms with Gasteiger partial charge in [-0.05, 0) is 30.1 Å². The Labute approximate surface area is 183 Å². The molecule has 0 bridgehead atoms. The third-order valence-corrected chi connectivity index (χ3v) is 6.36. The van der Waals surface area contributed by atoms with Crippen molar-refractivity contribution in [3.05, 3.63) is 35.4 Å². The minimum absolute atomic E-state index is 0.0913. The quantitative estimate of drug-likeness (QED) is 0.546. The second kappa shape index (κ2) is 13.6. The van der Waals surface area contributed by atoms with Crippen LogP contribution in [0.2, 0.25) is 0 Å². The Morgan fingerprint density at radius 2 is 1.60 bits per heavy atom. The molecule has 0 spiro atoms. The molecule has 0 aromatic heterocycles. The Bertz CT molecular complexity index is 594. The van der Waals surface area contributed by atoms with Gasteiger partial charge in [-0.2, -0.15) is 0 Å². The lowest BCUT2D eigenvalue weighted by Gasteiger charge is -2.38. The molecule has 0 saturated carbocycles. The standard InChI is InChI=1S/C24H42N4O2/c1-5-22(6-2)23(28-13-15-30-16-14-28)18-26-24(29)25-17-20-9-11-21(12-10-20)19-27(7-3)8-4/h9-12,22-23H,5-8,13-19H2,1-4H3,(H2,25,26,29)/t23-/m1/s1. The van der Waals surface area contributed by atoms with E-state index >= 15 is 0 Å². The fraction of sp³-hybridized carbons (Fsp3) is 0.708. The van der Waals surface area contributed by atoms with Crippen molar-refractivity contribution in [3.63, 3.8) is 0 Å². The summed E-state index contributed by atoms with van der Waals surface area (Å²) in [6.45, 7) is 16.6. The molecule has 1 saturated heterocycles. The minimum atomic E-state index is -0.0913. The molecule has 2 rings (SSSR count). The van der Waals surface area contributed by atoms with E-state index in [0.717, 1.165) is 64.3 Å². The molecule has 2 amide bonds. The molecule has 0 radical (unpaired) electrons. The topological polar surface area (TPSA) is 56.8 Å². The molecule has 2 N–H and O–H groups in total. The summed E-state index contributed by atoms with van der Waals surface area (Å²) in [4.78, 5) is 17.3. The highest BCUT2D eigenvalue weighted by atomic mass is 16.5. The number of hydrogen-bond donors (Lipinski definition) is 2. The van der Waals surface area contributed by atoms with Crippen LogP contribution in [0, 0.1) is 5.92 Å². The maximum atomic E-state index is 12.4. The van der Waals surface area contributed by atoms with Crippen molar-refractivity contribution in [1.29, 1.82) is 0 Å². The predicted octanol–water partition coefficient (Wildman–Crippen LogP) is 3.46. The van der Waals surface area contributed by atoms with Gasteiger partial charge in [-0.3, -0.25) is 9.80 Å². The van der Waals surface area contributed by atoms with Crippen molar-refractivity contribution in [2.45, 2.75) is 59.7 Å². The number of benzene rings is 1. The molecule has 1 heterocycles. The number of ether oxygens (including phenoxy) is 1. The number of carbonyl (C=O) groups is 1. The first-order valence-corrected chi connectivity index (χ1v) is 11.7. The summed E-state index contributed by atoms with van der Waals surface area (Å²) >= 11 is 0. The van der Waals surface area contributed by atoms with E-state index in [-0.39, 0.29) is 6.03 Å². The molecule has 1 aliphatic heterocycles. The van der Waals surface area contributed by atoms with E-state index in [1.807, 2.05) is 0 Å². The fourth-order valence-corrected chi connectivity index (χ4v) is 4.25. The van der Waals surface area contributed by atoms with Gasteiger partial charge in [0, 0.05) is 38.8 Å². The van der Waals surface area contributed by atoms with Crippen molar-refractivity contribution in [2.75, 3.05) is 45.9 Å². The van der Waals surface area contributed by atoms with E-state index < -0.39 is 0 Å². The zero-order valence-electron chi connectivity index (χ0n) is 19.5. The monoisotopic (exact) mass is 418 g/mol. The summed E-state index contributed by atoms with van der Waals surface area (Å²) in [5.74, 6) is 0.585. The highest BCUT2D eigenvalue weighted by Gasteiger charge is 2.27. The van der Waals surface area contributed by atoms with Crippen LogP contribution in [-0.2, 0) is 17.8 Å². The average Bonchev–Trinajstić information content (AvgIpc) is 2.80. The van der Waals surface area contributed by atoms with E-state index in [4.69, 9.17) is 4.74 Å². The van der Waals surface area contributed by atoms with Crippen molar-refractivity contribution in [2.24, 2.45) is 5.92 Å². The summed E-state index contributed by atoms with van der Waals surface area (Å²) in [6, 6.07) is 8.82. The number of hydrogen-bond acceptors (Lipinski definition) is 4. The molecular formula is C24H42N4O2. The molecule has 0 unspecified atom stereocenters. The molecule has 6 nitrogen and oxygen atoms in total. The van der Waals surface area contributed by atoms with E-state index in [0.29, 0.717) is 25.0 Å². The normalized spacial score (nSPS) is 16.1. The molecule has 1 aromatic carbocycles. The van der Waals surface area contributed by atoms with Crippen LogP contribution in [0.15, 0.2) is 24.3 Å². The Balaban J connectivity index is 1.80. The SMILES string of the molecule is CCC(CC)[C@@H](CNC(=O)NCc1ccc(CN(CC)CC)cc1)N1CCOCC1. The Morgan fingerprint density at radius 1 is 1.00 bits per heavy atom. The molecule has 1 atom stereocenters. The van der Waals surface area contributed by atoms with Gasteiger partial charge >= 0.3 is 6.03 Å². The lowest BCUT2D eigenvalue weighted by Crippen LogP contribution is -2.53. The fourth-order valence-electron chi connectivity index (χ4n) is 4.25. The number of urea groups is 1. The van der Waals surface area contributed by atoms with Gasteiger partial charge in [0.2, 0.25) is 0 Å². The number of carbonyl (C=O) groups excluding carboxylic acids is 1. The Morgan fingerprint density at radius 3 is 2.17 bits per heavy atom. The van der Waals surface area contributed by atoms with Crippen LogP contribution < -0.4 is 10.6 Å². The van der Waals surface area contributed by atoms with Crippen LogP contribution in [0.4, 0.5) is 4.79 Å². The number of nitrogens with zero attached hydrogens (tertiary/aromatic N) is 2. The maximum Gasteiger partial charge on any atom is 0.315 e. The molecule has 1 fully saturated rings. The first kappa shape index (κ1) is 24.6. The van der Waals surface area contributed by atoms with E-state index in [1.165, 1.54) is 5.56 Å². The van der Waals surface area contributed by atoms with Crippen LogP contribution in [0.5, 0.6) is 0 Å². The third-order valence-electron chi connectivity index (χ3n) is 6.36. The molecule has 6 heteroatoms. The third kappa shape index (κ3) is 7.89. The lowest BCUT2D eigenvalue weighted by molar-refractivity contribution is 0.00237. The molecule has 30 heavy (non-hydrogen) atoms. The van der Waals surface area contributed by atoms with Gasteiger partial charge in [-0.25, -0.2) is 4.79 Å².